The van der Waals surface area contributed by atoms with Gasteiger partial charge in [-0.1, -0.05) is 13.3 Å². The molecule has 0 bridgehead atoms. The van der Waals surface area contributed by atoms with Crippen LogP contribution in [0.25, 0.3) is 0 Å². The highest BCUT2D eigenvalue weighted by Gasteiger charge is 2.29. The number of likely N-dealkylation sites (tertiary alicyclic amines) is 2. The van der Waals surface area contributed by atoms with Gasteiger partial charge < -0.3 is 10.0 Å². The lowest BCUT2D eigenvalue weighted by Crippen LogP contribution is -2.41. The van der Waals surface area contributed by atoms with Crippen LogP contribution in [-0.2, 0) is 4.79 Å². The van der Waals surface area contributed by atoms with Crippen molar-refractivity contribution >= 4 is 5.97 Å². The summed E-state index contributed by atoms with van der Waals surface area (Å²) < 4.78 is 0. The molecule has 0 spiro atoms. The Kier molecular flexibility index (Phi) is 4.40. The summed E-state index contributed by atoms with van der Waals surface area (Å²) in [5, 5.41) is 8.92. The molecule has 2 unspecified atom stereocenters. The topological polar surface area (TPSA) is 43.8 Å². The first-order chi connectivity index (χ1) is 8.16. The number of carboxylic acids is 1. The van der Waals surface area contributed by atoms with Crippen LogP contribution in [0.2, 0.25) is 0 Å². The van der Waals surface area contributed by atoms with E-state index in [0.29, 0.717) is 12.6 Å². The van der Waals surface area contributed by atoms with Gasteiger partial charge in [0.15, 0.2) is 0 Å². The fourth-order valence-corrected chi connectivity index (χ4v) is 3.02. The van der Waals surface area contributed by atoms with Crippen LogP contribution in [0.4, 0.5) is 0 Å². The van der Waals surface area contributed by atoms with Crippen LogP contribution in [0.5, 0.6) is 0 Å². The van der Waals surface area contributed by atoms with Crippen LogP contribution < -0.4 is 0 Å². The number of hydrogen-bond donors (Lipinski definition) is 1. The molecule has 4 heteroatoms. The van der Waals surface area contributed by atoms with Crippen molar-refractivity contribution in [1.29, 1.82) is 0 Å². The minimum absolute atomic E-state index is 0.241. The van der Waals surface area contributed by atoms with E-state index in [9.17, 15) is 4.79 Å². The van der Waals surface area contributed by atoms with Crippen molar-refractivity contribution in [2.75, 3.05) is 32.7 Å². The summed E-state index contributed by atoms with van der Waals surface area (Å²) in [6.45, 7) is 7.13. The molecule has 0 radical (unpaired) electrons. The van der Waals surface area contributed by atoms with Gasteiger partial charge in [0.1, 0.15) is 0 Å². The maximum Gasteiger partial charge on any atom is 0.307 e. The number of hydrogen-bond acceptors (Lipinski definition) is 3. The van der Waals surface area contributed by atoms with E-state index < -0.39 is 5.97 Å². The van der Waals surface area contributed by atoms with Crippen molar-refractivity contribution in [3.05, 3.63) is 0 Å². The molecule has 0 aliphatic carbocycles. The number of rotatable bonds is 4. The highest BCUT2D eigenvalue weighted by Crippen LogP contribution is 2.20. The van der Waals surface area contributed by atoms with Crippen LogP contribution in [0.1, 0.15) is 32.6 Å². The van der Waals surface area contributed by atoms with Gasteiger partial charge in [-0.2, -0.15) is 0 Å². The van der Waals surface area contributed by atoms with Crippen molar-refractivity contribution < 1.29 is 9.90 Å². The second-order valence-electron chi connectivity index (χ2n) is 5.54. The maximum atomic E-state index is 10.8. The van der Waals surface area contributed by atoms with Gasteiger partial charge in [0.25, 0.3) is 0 Å². The lowest BCUT2D eigenvalue weighted by Gasteiger charge is -2.32. The normalized spacial score (nSPS) is 29.4. The number of nitrogens with zero attached hydrogens (tertiary/aromatic N) is 2. The third kappa shape index (κ3) is 3.42. The third-order valence-electron chi connectivity index (χ3n) is 4.11. The Balaban J connectivity index is 1.76. The summed E-state index contributed by atoms with van der Waals surface area (Å²) in [6, 6.07) is 0.677. The van der Waals surface area contributed by atoms with Crippen LogP contribution in [-0.4, -0.2) is 59.6 Å². The zero-order chi connectivity index (χ0) is 12.3. The Morgan fingerprint density at radius 3 is 2.65 bits per heavy atom. The third-order valence-corrected chi connectivity index (χ3v) is 4.11. The van der Waals surface area contributed by atoms with E-state index in [2.05, 4.69) is 9.80 Å². The molecule has 2 heterocycles. The first kappa shape index (κ1) is 12.8. The van der Waals surface area contributed by atoms with E-state index in [4.69, 9.17) is 5.11 Å². The van der Waals surface area contributed by atoms with Crippen molar-refractivity contribution in [3.8, 4) is 0 Å². The summed E-state index contributed by atoms with van der Waals surface area (Å²) in [4.78, 5) is 15.8. The molecule has 2 aliphatic heterocycles. The van der Waals surface area contributed by atoms with Crippen molar-refractivity contribution in [2.45, 2.75) is 38.6 Å². The van der Waals surface area contributed by atoms with E-state index in [0.717, 1.165) is 13.1 Å². The molecule has 98 valence electrons. The van der Waals surface area contributed by atoms with E-state index >= 15 is 0 Å². The van der Waals surface area contributed by atoms with Crippen LogP contribution in [0.15, 0.2) is 0 Å². The quantitative estimate of drug-likeness (QED) is 0.803. The van der Waals surface area contributed by atoms with E-state index in [1.54, 1.807) is 6.92 Å². The molecule has 17 heavy (non-hydrogen) atoms. The predicted molar refractivity (Wildman–Crippen MR) is 67.1 cm³/mol. The van der Waals surface area contributed by atoms with Crippen molar-refractivity contribution in [1.82, 2.24) is 9.80 Å². The summed E-state index contributed by atoms with van der Waals surface area (Å²) in [5.41, 5.74) is 0. The Labute approximate surface area is 104 Å². The Morgan fingerprint density at radius 1 is 1.29 bits per heavy atom. The maximum absolute atomic E-state index is 10.8. The standard InChI is InChI=1S/C13H24N2O2/c1-11(13(16)17)9-14-8-5-12(10-14)15-6-3-2-4-7-15/h11-12H,2-10H2,1H3,(H,16,17). The smallest absolute Gasteiger partial charge is 0.307 e. The molecule has 2 rings (SSSR count). The molecule has 2 saturated heterocycles. The predicted octanol–water partition coefficient (Wildman–Crippen LogP) is 1.27. The molecule has 2 atom stereocenters. The van der Waals surface area contributed by atoms with Crippen LogP contribution in [0, 0.1) is 5.92 Å². The first-order valence-corrected chi connectivity index (χ1v) is 6.86. The summed E-state index contributed by atoms with van der Waals surface area (Å²) in [5.74, 6) is -0.915. The van der Waals surface area contributed by atoms with Crippen molar-refractivity contribution in [2.24, 2.45) is 5.92 Å². The zero-order valence-electron chi connectivity index (χ0n) is 10.8. The van der Waals surface area contributed by atoms with E-state index in [1.165, 1.54) is 38.8 Å². The fraction of sp³-hybridized carbons (Fsp3) is 0.923. The van der Waals surface area contributed by atoms with Crippen LogP contribution >= 0.6 is 0 Å². The molecule has 0 saturated carbocycles. The molecule has 0 aromatic carbocycles. The second-order valence-corrected chi connectivity index (χ2v) is 5.54. The molecular formula is C13H24N2O2. The molecular weight excluding hydrogens is 216 g/mol. The minimum atomic E-state index is -0.675. The molecule has 2 fully saturated rings. The Hall–Kier alpha value is -0.610. The molecule has 2 aliphatic rings. The molecule has 4 nitrogen and oxygen atoms in total. The Bertz CT molecular complexity index is 264. The fourth-order valence-electron chi connectivity index (χ4n) is 3.02. The minimum Gasteiger partial charge on any atom is -0.481 e. The van der Waals surface area contributed by atoms with Gasteiger partial charge in [0, 0.05) is 19.1 Å². The number of aliphatic carboxylic acids is 1. The van der Waals surface area contributed by atoms with E-state index in [1.807, 2.05) is 0 Å². The molecule has 0 aromatic heterocycles. The number of carbonyl (C=O) groups is 1. The van der Waals surface area contributed by atoms with Crippen LogP contribution in [0.3, 0.4) is 0 Å². The molecule has 0 aromatic rings. The van der Waals surface area contributed by atoms with E-state index in [-0.39, 0.29) is 5.92 Å². The second kappa shape index (κ2) is 5.83. The van der Waals surface area contributed by atoms with Gasteiger partial charge >= 0.3 is 5.97 Å². The van der Waals surface area contributed by atoms with Gasteiger partial charge in [-0.05, 0) is 38.9 Å². The largest absolute Gasteiger partial charge is 0.481 e. The monoisotopic (exact) mass is 240 g/mol. The highest BCUT2D eigenvalue weighted by atomic mass is 16.4. The summed E-state index contributed by atoms with van der Waals surface area (Å²) in [6.07, 6.45) is 5.26. The zero-order valence-corrected chi connectivity index (χ0v) is 10.8. The van der Waals surface area contributed by atoms with Gasteiger partial charge in [0.2, 0.25) is 0 Å². The van der Waals surface area contributed by atoms with Gasteiger partial charge in [-0.3, -0.25) is 9.69 Å². The lowest BCUT2D eigenvalue weighted by atomic mass is 10.1. The number of piperidine rings is 1. The van der Waals surface area contributed by atoms with Crippen molar-refractivity contribution in [3.63, 3.8) is 0 Å². The van der Waals surface area contributed by atoms with Gasteiger partial charge in [-0.15, -0.1) is 0 Å². The molecule has 0 amide bonds. The Morgan fingerprint density at radius 2 is 2.00 bits per heavy atom. The average molecular weight is 240 g/mol. The highest BCUT2D eigenvalue weighted by molar-refractivity contribution is 5.69. The summed E-state index contributed by atoms with van der Waals surface area (Å²) >= 11 is 0. The summed E-state index contributed by atoms with van der Waals surface area (Å²) in [7, 11) is 0. The average Bonchev–Trinajstić information content (AvgIpc) is 2.78. The van der Waals surface area contributed by atoms with Gasteiger partial charge in [0.05, 0.1) is 5.92 Å². The van der Waals surface area contributed by atoms with Gasteiger partial charge in [-0.25, -0.2) is 0 Å². The first-order valence-electron chi connectivity index (χ1n) is 6.86. The SMILES string of the molecule is CC(CN1CCC(N2CCCCC2)C1)C(=O)O. The number of carboxylic acid groups (broad SMARTS) is 1. The molecule has 1 N–H and O–H groups in total. The lowest BCUT2D eigenvalue weighted by molar-refractivity contribution is -0.141.